The number of nitrogens with zero attached hydrogens (tertiary/aromatic N) is 1. The van der Waals surface area contributed by atoms with Crippen LogP contribution < -0.4 is 10.1 Å². The molecule has 0 saturated carbocycles. The quantitative estimate of drug-likeness (QED) is 0.523. The van der Waals surface area contributed by atoms with E-state index in [1.165, 1.54) is 6.20 Å². The average Bonchev–Trinajstić information content (AvgIpc) is 2.73. The van der Waals surface area contributed by atoms with Gasteiger partial charge in [0.05, 0.1) is 15.8 Å². The highest BCUT2D eigenvalue weighted by molar-refractivity contribution is 14.1. The normalized spacial score (nSPS) is 19.5. The molecule has 0 bridgehead atoms. The van der Waals surface area contributed by atoms with Gasteiger partial charge in [0.15, 0.2) is 0 Å². The summed E-state index contributed by atoms with van der Waals surface area (Å²) in [5, 5.41) is 3.22. The van der Waals surface area contributed by atoms with Crippen LogP contribution >= 0.6 is 22.6 Å². The van der Waals surface area contributed by atoms with E-state index in [1.54, 1.807) is 6.07 Å². The SMILES string of the molecule is [18F]c1ncc(OCC2C=CCN2)cc1I. The summed E-state index contributed by atoms with van der Waals surface area (Å²) in [6.45, 7) is 1.42. The van der Waals surface area contributed by atoms with E-state index in [0.717, 1.165) is 6.54 Å². The van der Waals surface area contributed by atoms with Gasteiger partial charge in [0.2, 0.25) is 5.95 Å². The maximum Gasteiger partial charge on any atom is 0.226 e. The summed E-state index contributed by atoms with van der Waals surface area (Å²) in [5.41, 5.74) is 0. The molecule has 2 rings (SSSR count). The summed E-state index contributed by atoms with van der Waals surface area (Å²) in [7, 11) is 0. The minimum Gasteiger partial charge on any atom is -0.490 e. The second-order valence-corrected chi connectivity index (χ2v) is 4.36. The first-order valence-electron chi connectivity index (χ1n) is 4.59. The third kappa shape index (κ3) is 2.88. The average molecular weight is 319 g/mol. The summed E-state index contributed by atoms with van der Waals surface area (Å²) in [6.07, 6.45) is 5.51. The molecular weight excluding hydrogens is 309 g/mol. The van der Waals surface area contributed by atoms with Crippen LogP contribution in [0.1, 0.15) is 0 Å². The molecular formula is C10H10FIN2O. The molecule has 2 heterocycles. The number of rotatable bonds is 3. The Morgan fingerprint density at radius 2 is 2.53 bits per heavy atom. The molecule has 5 heteroatoms. The predicted octanol–water partition coefficient (Wildman–Crippen LogP) is 1.73. The zero-order valence-electron chi connectivity index (χ0n) is 7.91. The molecule has 0 spiro atoms. The minimum absolute atomic E-state index is 0.243. The zero-order chi connectivity index (χ0) is 10.7. The monoisotopic (exact) mass is 319 g/mol. The maximum absolute atomic E-state index is 12.8. The number of hydrogen-bond donors (Lipinski definition) is 1. The lowest BCUT2D eigenvalue weighted by Gasteiger charge is -2.11. The fourth-order valence-electron chi connectivity index (χ4n) is 1.30. The molecule has 0 radical (unpaired) electrons. The molecule has 1 atom stereocenters. The Morgan fingerprint density at radius 3 is 3.20 bits per heavy atom. The van der Waals surface area contributed by atoms with E-state index in [1.807, 2.05) is 22.6 Å². The molecule has 15 heavy (non-hydrogen) atoms. The van der Waals surface area contributed by atoms with Gasteiger partial charge in [-0.25, -0.2) is 4.98 Å². The molecule has 1 aromatic rings. The highest BCUT2D eigenvalue weighted by Gasteiger charge is 2.09. The topological polar surface area (TPSA) is 34.1 Å². The molecule has 80 valence electrons. The first-order valence-corrected chi connectivity index (χ1v) is 5.67. The fourth-order valence-corrected chi connectivity index (χ4v) is 1.75. The van der Waals surface area contributed by atoms with Crippen molar-refractivity contribution in [3.8, 4) is 5.75 Å². The van der Waals surface area contributed by atoms with Gasteiger partial charge in [-0.15, -0.1) is 0 Å². The number of halogens is 2. The summed E-state index contributed by atoms with van der Waals surface area (Å²) in [5.74, 6) is 0.143. The van der Waals surface area contributed by atoms with Crippen molar-refractivity contribution in [1.82, 2.24) is 10.3 Å². The maximum atomic E-state index is 12.8. The van der Waals surface area contributed by atoms with Crippen LogP contribution in [-0.2, 0) is 0 Å². The first kappa shape index (κ1) is 10.8. The van der Waals surface area contributed by atoms with Gasteiger partial charge >= 0.3 is 0 Å². The van der Waals surface area contributed by atoms with Crippen molar-refractivity contribution in [3.63, 3.8) is 0 Å². The van der Waals surface area contributed by atoms with E-state index in [-0.39, 0.29) is 6.04 Å². The van der Waals surface area contributed by atoms with Crippen LogP contribution in [0, 0.1) is 9.52 Å². The summed E-state index contributed by atoms with van der Waals surface area (Å²) in [4.78, 5) is 3.59. The van der Waals surface area contributed by atoms with Crippen LogP contribution in [0.3, 0.4) is 0 Å². The molecule has 1 N–H and O–H groups in total. The Labute approximate surface area is 101 Å². The summed E-state index contributed by atoms with van der Waals surface area (Å²) >= 11 is 1.89. The highest BCUT2D eigenvalue weighted by atomic mass is 127. The number of aromatic nitrogens is 1. The number of nitrogens with one attached hydrogen (secondary N) is 1. The lowest BCUT2D eigenvalue weighted by molar-refractivity contribution is 0.291. The lowest BCUT2D eigenvalue weighted by atomic mass is 10.3. The van der Waals surface area contributed by atoms with Gasteiger partial charge in [0.25, 0.3) is 0 Å². The fraction of sp³-hybridized carbons (Fsp3) is 0.300. The van der Waals surface area contributed by atoms with E-state index >= 15 is 0 Å². The Hall–Kier alpha value is -0.690. The van der Waals surface area contributed by atoms with Crippen molar-refractivity contribution < 1.29 is 9.13 Å². The molecule has 1 unspecified atom stereocenters. The Morgan fingerprint density at radius 1 is 1.67 bits per heavy atom. The Balaban J connectivity index is 1.93. The van der Waals surface area contributed by atoms with Gasteiger partial charge in [-0.2, -0.15) is 4.39 Å². The molecule has 1 aliphatic heterocycles. The van der Waals surface area contributed by atoms with Crippen LogP contribution in [0.2, 0.25) is 0 Å². The van der Waals surface area contributed by atoms with Crippen molar-refractivity contribution in [2.45, 2.75) is 6.04 Å². The molecule has 0 amide bonds. The van der Waals surface area contributed by atoms with E-state index in [4.69, 9.17) is 4.74 Å². The van der Waals surface area contributed by atoms with E-state index in [0.29, 0.717) is 15.9 Å². The van der Waals surface area contributed by atoms with Gasteiger partial charge in [-0.05, 0) is 28.7 Å². The smallest absolute Gasteiger partial charge is 0.226 e. The Bertz CT molecular complexity index is 384. The van der Waals surface area contributed by atoms with Crippen LogP contribution in [-0.4, -0.2) is 24.2 Å². The molecule has 0 saturated heterocycles. The van der Waals surface area contributed by atoms with Crippen LogP contribution in [0.25, 0.3) is 0 Å². The third-order valence-electron chi connectivity index (χ3n) is 2.07. The van der Waals surface area contributed by atoms with Gasteiger partial charge < -0.3 is 10.1 Å². The van der Waals surface area contributed by atoms with Crippen molar-refractivity contribution >= 4 is 22.6 Å². The number of hydrogen-bond acceptors (Lipinski definition) is 3. The number of ether oxygens (including phenoxy) is 1. The lowest BCUT2D eigenvalue weighted by Crippen LogP contribution is -2.28. The van der Waals surface area contributed by atoms with Crippen molar-refractivity contribution in [1.29, 1.82) is 0 Å². The summed E-state index contributed by atoms with van der Waals surface area (Å²) in [6, 6.07) is 1.88. The molecule has 0 aliphatic carbocycles. The minimum atomic E-state index is -0.457. The van der Waals surface area contributed by atoms with Gasteiger partial charge in [0.1, 0.15) is 12.4 Å². The predicted molar refractivity (Wildman–Crippen MR) is 63.3 cm³/mol. The second kappa shape index (κ2) is 4.89. The third-order valence-corrected chi connectivity index (χ3v) is 2.82. The number of pyridine rings is 1. The molecule has 1 aliphatic rings. The second-order valence-electron chi connectivity index (χ2n) is 3.20. The van der Waals surface area contributed by atoms with Gasteiger partial charge in [-0.1, -0.05) is 12.2 Å². The zero-order valence-corrected chi connectivity index (χ0v) is 10.1. The molecule has 0 aromatic carbocycles. The molecule has 1 aromatic heterocycles. The molecule has 0 fully saturated rings. The standard InChI is InChI=1S/C10H10FIN2O/c11-10-9(12)4-8(5-14-10)15-6-7-2-1-3-13-7/h1-2,4-5,7,13H,3,6H2/i11-1. The first-order chi connectivity index (χ1) is 7.25. The Kier molecular flexibility index (Phi) is 3.53. The van der Waals surface area contributed by atoms with Crippen LogP contribution in [0.4, 0.5) is 4.39 Å². The van der Waals surface area contributed by atoms with Crippen molar-refractivity contribution in [2.24, 2.45) is 0 Å². The highest BCUT2D eigenvalue weighted by Crippen LogP contribution is 2.16. The van der Waals surface area contributed by atoms with Gasteiger partial charge in [-0.3, -0.25) is 0 Å². The molecule has 3 nitrogen and oxygen atoms in total. The van der Waals surface area contributed by atoms with Crippen LogP contribution in [0.15, 0.2) is 24.4 Å². The van der Waals surface area contributed by atoms with E-state index in [9.17, 15) is 4.39 Å². The summed E-state index contributed by atoms with van der Waals surface area (Å²) < 4.78 is 18.8. The largest absolute Gasteiger partial charge is 0.490 e. The van der Waals surface area contributed by atoms with Crippen molar-refractivity contribution in [2.75, 3.05) is 13.2 Å². The van der Waals surface area contributed by atoms with Crippen molar-refractivity contribution in [3.05, 3.63) is 33.9 Å². The van der Waals surface area contributed by atoms with E-state index in [2.05, 4.69) is 22.5 Å². The van der Waals surface area contributed by atoms with E-state index < -0.39 is 5.95 Å². The van der Waals surface area contributed by atoms with Gasteiger partial charge in [0, 0.05) is 6.54 Å². The van der Waals surface area contributed by atoms with Crippen LogP contribution in [0.5, 0.6) is 5.75 Å².